The van der Waals surface area contributed by atoms with Crippen LogP contribution in [0.15, 0.2) is 53.7 Å². The van der Waals surface area contributed by atoms with Gasteiger partial charge in [0.15, 0.2) is 0 Å². The lowest BCUT2D eigenvalue weighted by atomic mass is 10.1. The Kier molecular flexibility index (Phi) is 4.59. The van der Waals surface area contributed by atoms with Gasteiger partial charge >= 0.3 is 0 Å². The third-order valence-corrected chi connectivity index (χ3v) is 4.49. The molecule has 1 heterocycles. The highest BCUT2D eigenvalue weighted by atomic mass is 32.2. The zero-order valence-corrected chi connectivity index (χ0v) is 12.0. The van der Waals surface area contributed by atoms with E-state index in [-0.39, 0.29) is 11.5 Å². The van der Waals surface area contributed by atoms with Gasteiger partial charge in [-0.25, -0.2) is 13.1 Å². The van der Waals surface area contributed by atoms with Crippen molar-refractivity contribution in [3.63, 3.8) is 0 Å². The summed E-state index contributed by atoms with van der Waals surface area (Å²) in [4.78, 5) is 0.200. The predicted molar refractivity (Wildman–Crippen MR) is 76.8 cm³/mol. The topological polar surface area (TPSA) is 71.3 Å². The van der Waals surface area contributed by atoms with E-state index < -0.39 is 16.1 Å². The van der Waals surface area contributed by atoms with E-state index in [1.54, 1.807) is 17.8 Å². The van der Waals surface area contributed by atoms with Gasteiger partial charge in [0, 0.05) is 25.5 Å². The molecule has 1 atom stereocenters. The third-order valence-electron chi connectivity index (χ3n) is 2.98. The van der Waals surface area contributed by atoms with Crippen molar-refractivity contribution in [2.24, 2.45) is 7.05 Å². The first kappa shape index (κ1) is 14.8. The minimum Gasteiger partial charge on any atom is -0.395 e. The average Bonchev–Trinajstić information content (AvgIpc) is 2.86. The molecule has 1 aromatic carbocycles. The molecule has 0 unspecified atom stereocenters. The molecule has 0 aliphatic heterocycles. The van der Waals surface area contributed by atoms with Crippen LogP contribution in [0.1, 0.15) is 5.56 Å². The van der Waals surface area contributed by atoms with Crippen LogP contribution in [0.25, 0.3) is 0 Å². The maximum atomic E-state index is 12.2. The lowest BCUT2D eigenvalue weighted by Crippen LogP contribution is -2.38. The molecule has 0 fully saturated rings. The largest absolute Gasteiger partial charge is 0.395 e. The number of hydrogen-bond acceptors (Lipinski definition) is 3. The van der Waals surface area contributed by atoms with Gasteiger partial charge in [0.25, 0.3) is 0 Å². The zero-order chi connectivity index (χ0) is 14.6. The smallest absolute Gasteiger partial charge is 0.242 e. The maximum Gasteiger partial charge on any atom is 0.242 e. The van der Waals surface area contributed by atoms with Crippen molar-refractivity contribution in [3.8, 4) is 0 Å². The first-order valence-electron chi connectivity index (χ1n) is 6.30. The van der Waals surface area contributed by atoms with Gasteiger partial charge < -0.3 is 9.67 Å². The number of nitrogens with one attached hydrogen (secondary N) is 1. The average molecular weight is 294 g/mol. The molecule has 1 aromatic heterocycles. The van der Waals surface area contributed by atoms with E-state index in [1.165, 1.54) is 12.3 Å². The lowest BCUT2D eigenvalue weighted by Gasteiger charge is -2.16. The summed E-state index contributed by atoms with van der Waals surface area (Å²) in [6, 6.07) is 10.5. The second-order valence-electron chi connectivity index (χ2n) is 4.70. The van der Waals surface area contributed by atoms with Gasteiger partial charge in [0.05, 0.1) is 11.5 Å². The number of hydrogen-bond donors (Lipinski definition) is 2. The maximum absolute atomic E-state index is 12.2. The van der Waals surface area contributed by atoms with Crippen LogP contribution in [0.3, 0.4) is 0 Å². The van der Waals surface area contributed by atoms with Crippen LogP contribution in [0.2, 0.25) is 0 Å². The number of rotatable bonds is 6. The highest BCUT2D eigenvalue weighted by molar-refractivity contribution is 7.89. The molecule has 0 aliphatic rings. The van der Waals surface area contributed by atoms with Crippen LogP contribution in [0, 0.1) is 0 Å². The van der Waals surface area contributed by atoms with E-state index in [0.29, 0.717) is 6.42 Å². The quantitative estimate of drug-likeness (QED) is 0.832. The summed E-state index contributed by atoms with van der Waals surface area (Å²) in [5, 5.41) is 9.37. The van der Waals surface area contributed by atoms with Gasteiger partial charge in [-0.3, -0.25) is 0 Å². The van der Waals surface area contributed by atoms with Gasteiger partial charge in [-0.1, -0.05) is 30.3 Å². The zero-order valence-electron chi connectivity index (χ0n) is 11.2. The first-order valence-corrected chi connectivity index (χ1v) is 7.78. The van der Waals surface area contributed by atoms with E-state index in [4.69, 9.17) is 0 Å². The summed E-state index contributed by atoms with van der Waals surface area (Å²) >= 11 is 0. The van der Waals surface area contributed by atoms with Crippen molar-refractivity contribution in [2.45, 2.75) is 17.4 Å². The number of aromatic nitrogens is 1. The van der Waals surface area contributed by atoms with Crippen LogP contribution < -0.4 is 4.72 Å². The van der Waals surface area contributed by atoms with Gasteiger partial charge in [0.2, 0.25) is 10.0 Å². The minimum atomic E-state index is -3.60. The highest BCUT2D eigenvalue weighted by Gasteiger charge is 2.20. The van der Waals surface area contributed by atoms with Crippen LogP contribution in [-0.2, 0) is 23.5 Å². The fourth-order valence-corrected chi connectivity index (χ4v) is 3.24. The molecule has 0 bridgehead atoms. The minimum absolute atomic E-state index is 0.200. The molecular formula is C14H18N2O3S. The monoisotopic (exact) mass is 294 g/mol. The van der Waals surface area contributed by atoms with E-state index >= 15 is 0 Å². The lowest BCUT2D eigenvalue weighted by molar-refractivity contribution is 0.256. The number of aryl methyl sites for hydroxylation is 1. The Hall–Kier alpha value is -1.63. The van der Waals surface area contributed by atoms with Crippen molar-refractivity contribution < 1.29 is 13.5 Å². The van der Waals surface area contributed by atoms with Crippen LogP contribution in [-0.4, -0.2) is 30.7 Å². The molecule has 0 aliphatic carbocycles. The highest BCUT2D eigenvalue weighted by Crippen LogP contribution is 2.11. The summed E-state index contributed by atoms with van der Waals surface area (Å²) in [7, 11) is -1.85. The molecular weight excluding hydrogens is 276 g/mol. The Balaban J connectivity index is 2.10. The molecule has 0 amide bonds. The second-order valence-corrected chi connectivity index (χ2v) is 6.42. The fraction of sp³-hybridized carbons (Fsp3) is 0.286. The summed E-state index contributed by atoms with van der Waals surface area (Å²) < 4.78 is 28.5. The Morgan fingerprint density at radius 3 is 2.50 bits per heavy atom. The molecule has 108 valence electrons. The SMILES string of the molecule is Cn1ccc(S(=O)(=O)N[C@@H](CO)Cc2ccccc2)c1. The van der Waals surface area contributed by atoms with Crippen molar-refractivity contribution in [1.82, 2.24) is 9.29 Å². The van der Waals surface area contributed by atoms with E-state index in [9.17, 15) is 13.5 Å². The standard InChI is InChI=1S/C14H18N2O3S/c1-16-8-7-14(10-16)20(18,19)15-13(11-17)9-12-5-3-2-4-6-12/h2-8,10,13,15,17H,9,11H2,1H3/t13-/m1/s1. The van der Waals surface area contributed by atoms with Crippen LogP contribution in [0.5, 0.6) is 0 Å². The molecule has 0 saturated heterocycles. The molecule has 6 heteroatoms. The molecule has 20 heavy (non-hydrogen) atoms. The van der Waals surface area contributed by atoms with Gasteiger partial charge in [-0.05, 0) is 18.1 Å². The molecule has 2 N–H and O–H groups in total. The number of benzene rings is 1. The van der Waals surface area contributed by atoms with Crippen molar-refractivity contribution in [2.75, 3.05) is 6.61 Å². The van der Waals surface area contributed by atoms with Crippen LogP contribution in [0.4, 0.5) is 0 Å². The predicted octanol–water partition coefficient (Wildman–Crippen LogP) is 0.907. The fourth-order valence-electron chi connectivity index (χ4n) is 1.97. The van der Waals surface area contributed by atoms with E-state index in [1.807, 2.05) is 30.3 Å². The number of sulfonamides is 1. The number of aliphatic hydroxyl groups excluding tert-OH is 1. The third kappa shape index (κ3) is 3.69. The normalized spacial score (nSPS) is 13.3. The van der Waals surface area contributed by atoms with Gasteiger partial charge in [-0.15, -0.1) is 0 Å². The van der Waals surface area contributed by atoms with E-state index in [0.717, 1.165) is 5.56 Å². The second kappa shape index (κ2) is 6.21. The first-order chi connectivity index (χ1) is 9.51. The van der Waals surface area contributed by atoms with Crippen molar-refractivity contribution in [1.29, 1.82) is 0 Å². The Morgan fingerprint density at radius 2 is 1.95 bits per heavy atom. The molecule has 5 nitrogen and oxygen atoms in total. The Morgan fingerprint density at radius 1 is 1.25 bits per heavy atom. The summed E-state index contributed by atoms with van der Waals surface area (Å²) in [5.74, 6) is 0. The Bertz CT molecular complexity index is 650. The van der Waals surface area contributed by atoms with Crippen LogP contribution >= 0.6 is 0 Å². The Labute approximate surface area is 118 Å². The van der Waals surface area contributed by atoms with Gasteiger partial charge in [-0.2, -0.15) is 0 Å². The summed E-state index contributed by atoms with van der Waals surface area (Å²) in [5.41, 5.74) is 0.974. The molecule has 0 spiro atoms. The van der Waals surface area contributed by atoms with Crippen molar-refractivity contribution in [3.05, 3.63) is 54.4 Å². The van der Waals surface area contributed by atoms with E-state index in [2.05, 4.69) is 4.72 Å². The van der Waals surface area contributed by atoms with Crippen molar-refractivity contribution >= 4 is 10.0 Å². The number of nitrogens with zero attached hydrogens (tertiary/aromatic N) is 1. The molecule has 2 rings (SSSR count). The number of aliphatic hydroxyl groups is 1. The molecule has 0 radical (unpaired) electrons. The summed E-state index contributed by atoms with van der Waals surface area (Å²) in [6.45, 7) is -0.249. The van der Waals surface area contributed by atoms with Gasteiger partial charge in [0.1, 0.15) is 0 Å². The summed E-state index contributed by atoms with van der Waals surface area (Å²) in [6.07, 6.45) is 3.64. The molecule has 0 saturated carbocycles. The molecule has 2 aromatic rings.